The number of aldehydes is 2. The molecule has 0 aliphatic carbocycles. The van der Waals surface area contributed by atoms with E-state index in [9.17, 15) is 33.9 Å². The number of aliphatic hydroxyl groups is 3. The van der Waals surface area contributed by atoms with Crippen LogP contribution >= 0.6 is 0 Å². The number of rotatable bonds is 32. The van der Waals surface area contributed by atoms with E-state index in [-0.39, 0.29) is 86.8 Å². The molecule has 2 heterocycles. The molecule has 19 nitrogen and oxygen atoms in total. The third-order valence-corrected chi connectivity index (χ3v) is 10.6. The van der Waals surface area contributed by atoms with Crippen LogP contribution in [0.2, 0.25) is 0 Å². The monoisotopic (exact) mass is 1100 g/mol. The van der Waals surface area contributed by atoms with Gasteiger partial charge in [-0.05, 0) is 83.2 Å². The number of carbonyl (C=O) groups excluding carboxylic acids is 4. The second kappa shape index (κ2) is 46.2. The second-order valence-electron chi connectivity index (χ2n) is 16.8. The van der Waals surface area contributed by atoms with Gasteiger partial charge in [0.15, 0.2) is 35.5 Å². The van der Waals surface area contributed by atoms with Gasteiger partial charge in [-0.2, -0.15) is 0 Å². The van der Waals surface area contributed by atoms with E-state index < -0.39 is 22.8 Å². The molecule has 19 heteroatoms. The maximum Gasteiger partial charge on any atom is 0.271 e. The van der Waals surface area contributed by atoms with Crippen molar-refractivity contribution in [3.8, 4) is 11.5 Å². The van der Waals surface area contributed by atoms with Gasteiger partial charge in [0.1, 0.15) is 18.9 Å². The fourth-order valence-electron chi connectivity index (χ4n) is 6.84. The molecule has 79 heavy (non-hydrogen) atoms. The SMILES string of the molecule is C/C=C\NCCO.C=C(/C=C\C)COc1c(C=O)n(CCO)ccc1=O.C=CC=C.CCOc1c(C(=O)NCCCC(N)(CCCN)CCCNC(=O)/C=C(/C=O)OCc2ccccc2)n(CCO)ccc1=O.c1ccccc1. The molecule has 1 atom stereocenters. The van der Waals surface area contributed by atoms with Crippen molar-refractivity contribution in [1.82, 2.24) is 25.1 Å². The average Bonchev–Trinajstić information content (AvgIpc) is 3.47. The number of hydrogen-bond acceptors (Lipinski definition) is 15. The van der Waals surface area contributed by atoms with Crippen LogP contribution in [0.25, 0.3) is 0 Å². The summed E-state index contributed by atoms with van der Waals surface area (Å²) in [6.45, 7) is 18.5. The number of carbonyl (C=O) groups is 4. The highest BCUT2D eigenvalue weighted by Gasteiger charge is 2.25. The van der Waals surface area contributed by atoms with E-state index in [0.717, 1.165) is 18.1 Å². The number of nitrogens with two attached hydrogens (primary N) is 2. The third-order valence-electron chi connectivity index (χ3n) is 10.6. The Morgan fingerprint density at radius 2 is 1.29 bits per heavy atom. The quantitative estimate of drug-likeness (QED) is 0.00958. The van der Waals surface area contributed by atoms with E-state index in [1.54, 1.807) is 37.4 Å². The first-order valence-corrected chi connectivity index (χ1v) is 26.0. The molecule has 0 aliphatic rings. The summed E-state index contributed by atoms with van der Waals surface area (Å²) >= 11 is 0. The lowest BCUT2D eigenvalue weighted by Gasteiger charge is -2.30. The Labute approximate surface area is 465 Å². The average molecular weight is 1100 g/mol. The minimum atomic E-state index is -0.556. The molecule has 0 spiro atoms. The number of amides is 2. The Bertz CT molecular complexity index is 2530. The fraction of sp³-hybridized carbons (Fsp3) is 0.367. The molecule has 10 N–H and O–H groups in total. The number of pyridine rings is 2. The highest BCUT2D eigenvalue weighted by Crippen LogP contribution is 2.22. The third kappa shape index (κ3) is 32.4. The van der Waals surface area contributed by atoms with Crippen molar-refractivity contribution >= 4 is 24.4 Å². The summed E-state index contributed by atoms with van der Waals surface area (Å²) in [7, 11) is 0. The van der Waals surface area contributed by atoms with Gasteiger partial charge in [0.2, 0.25) is 16.8 Å². The molecule has 0 radical (unpaired) electrons. The van der Waals surface area contributed by atoms with Crippen LogP contribution in [-0.2, 0) is 34.0 Å². The van der Waals surface area contributed by atoms with Crippen LogP contribution in [-0.4, -0.2) is 114 Å². The van der Waals surface area contributed by atoms with Crippen LogP contribution in [0, 0.1) is 0 Å². The van der Waals surface area contributed by atoms with Crippen LogP contribution in [0.3, 0.4) is 0 Å². The minimum absolute atomic E-state index is 0.0170. The standard InChI is InChI=1S/C31H45N5O7.C14H17NO4.C6H6.C5H11NO.C4H6/c1-2-42-29-26(39)11-18-36(19-20-37)28(29)30(41)35-17-8-14-31(33,12-6-15-32)13-7-16-34-27(40)21-25(22-38)43-23-24-9-4-3-5-10-24;1-3-4-11(2)10-19-14-12(9-17)15(7-8-16)6-5-13(14)18;1-2-4-6-5-3-1;1-2-3-6-4-5-7;1-3-4-2/h3-5,9-11,18,21-22,37H,2,6-8,12-17,19-20,23,32-33H2,1H3,(H,34,40)(H,35,41);3-6,9,16H,2,7-8,10H2,1H3;1-6H;2-3,6-7H,4-5H2,1H3;3-4H,1-2H2/b25-21-;4-3-;;3-2-;. The van der Waals surface area contributed by atoms with Gasteiger partial charge < -0.3 is 66.1 Å². The van der Waals surface area contributed by atoms with Crippen molar-refractivity contribution in [2.24, 2.45) is 11.5 Å². The lowest BCUT2D eigenvalue weighted by molar-refractivity contribution is -0.117. The summed E-state index contributed by atoms with van der Waals surface area (Å²) in [4.78, 5) is 71.8. The van der Waals surface area contributed by atoms with Gasteiger partial charge in [-0.3, -0.25) is 28.8 Å². The first-order valence-electron chi connectivity index (χ1n) is 26.0. The topological polar surface area (TPSA) is 289 Å². The minimum Gasteiger partial charge on any atom is -0.488 e. The molecule has 2 aromatic heterocycles. The Balaban J connectivity index is 0.00000136. The highest BCUT2D eigenvalue weighted by atomic mass is 16.5. The Kier molecular flexibility index (Phi) is 41.5. The van der Waals surface area contributed by atoms with Gasteiger partial charge in [-0.15, -0.1) is 0 Å². The molecule has 4 rings (SSSR count). The predicted octanol–water partition coefficient (Wildman–Crippen LogP) is 5.69. The van der Waals surface area contributed by atoms with Crippen LogP contribution in [0.5, 0.6) is 11.5 Å². The summed E-state index contributed by atoms with van der Waals surface area (Å²) in [6.07, 6.45) is 19.4. The van der Waals surface area contributed by atoms with Gasteiger partial charge >= 0.3 is 0 Å². The normalized spacial score (nSPS) is 11.2. The number of hydrogen-bond donors (Lipinski definition) is 8. The van der Waals surface area contributed by atoms with Crippen molar-refractivity contribution < 1.29 is 48.7 Å². The van der Waals surface area contributed by atoms with E-state index in [2.05, 4.69) is 35.7 Å². The van der Waals surface area contributed by atoms with Crippen molar-refractivity contribution in [2.75, 3.05) is 59.2 Å². The molecule has 0 saturated carbocycles. The Morgan fingerprint density at radius 1 is 0.734 bits per heavy atom. The summed E-state index contributed by atoms with van der Waals surface area (Å²) in [5.41, 5.74) is 12.9. The number of aromatic nitrogens is 2. The van der Waals surface area contributed by atoms with E-state index in [1.165, 1.54) is 33.7 Å². The number of aliphatic hydroxyl groups excluding tert-OH is 3. The van der Waals surface area contributed by atoms with Crippen LogP contribution in [0.15, 0.2) is 175 Å². The van der Waals surface area contributed by atoms with Gasteiger partial charge in [-0.25, -0.2) is 0 Å². The lowest BCUT2D eigenvalue weighted by Crippen LogP contribution is -2.42. The molecule has 4 aromatic rings. The molecule has 0 aliphatic heterocycles. The Morgan fingerprint density at radius 3 is 1.81 bits per heavy atom. The number of nitrogens with one attached hydrogen (secondary N) is 3. The van der Waals surface area contributed by atoms with Crippen molar-refractivity contribution in [1.29, 1.82) is 0 Å². The van der Waals surface area contributed by atoms with E-state index in [4.69, 9.17) is 35.9 Å². The van der Waals surface area contributed by atoms with Gasteiger partial charge in [0.25, 0.3) is 5.91 Å². The highest BCUT2D eigenvalue weighted by molar-refractivity contribution is 5.95. The molecule has 432 valence electrons. The van der Waals surface area contributed by atoms with Crippen LogP contribution in [0.4, 0.5) is 0 Å². The maximum absolute atomic E-state index is 13.0. The molecule has 2 amide bonds. The summed E-state index contributed by atoms with van der Waals surface area (Å²) in [5.74, 6) is -1.04. The molecule has 0 saturated heterocycles. The number of nitrogens with zero attached hydrogens (tertiary/aromatic N) is 2. The zero-order valence-corrected chi connectivity index (χ0v) is 46.3. The summed E-state index contributed by atoms with van der Waals surface area (Å²) < 4.78 is 19.2. The van der Waals surface area contributed by atoms with E-state index >= 15 is 0 Å². The first-order chi connectivity index (χ1) is 38.2. The van der Waals surface area contributed by atoms with E-state index in [0.29, 0.717) is 76.4 Å². The maximum atomic E-state index is 13.0. The van der Waals surface area contributed by atoms with Crippen LogP contribution < -0.4 is 47.7 Å². The molecule has 0 bridgehead atoms. The van der Waals surface area contributed by atoms with E-state index in [1.807, 2.05) is 86.7 Å². The largest absolute Gasteiger partial charge is 0.488 e. The molecular weight excluding hydrogens is 1010 g/mol. The molecule has 0 fully saturated rings. The number of ether oxygens (including phenoxy) is 3. The number of benzene rings is 2. The van der Waals surface area contributed by atoms with Crippen LogP contribution in [0.1, 0.15) is 85.8 Å². The zero-order valence-electron chi connectivity index (χ0n) is 46.3. The predicted molar refractivity (Wildman–Crippen MR) is 313 cm³/mol. The molecule has 1 unspecified atom stereocenters. The van der Waals surface area contributed by atoms with Gasteiger partial charge in [-0.1, -0.05) is 117 Å². The summed E-state index contributed by atoms with van der Waals surface area (Å²) in [6, 6.07) is 23.9. The van der Waals surface area contributed by atoms with Gasteiger partial charge in [0.05, 0.1) is 26.4 Å². The fourth-order valence-corrected chi connectivity index (χ4v) is 6.84. The Hall–Kier alpha value is -7.94. The zero-order chi connectivity index (χ0) is 58.9. The molecule has 2 aromatic carbocycles. The second-order valence-corrected chi connectivity index (χ2v) is 16.8. The molecular formula is C60H85N7O12. The summed E-state index contributed by atoms with van der Waals surface area (Å²) in [5, 5.41) is 34.9. The van der Waals surface area contributed by atoms with Crippen molar-refractivity contribution in [2.45, 2.75) is 84.5 Å². The lowest BCUT2D eigenvalue weighted by atomic mass is 9.85. The van der Waals surface area contributed by atoms with Gasteiger partial charge in [0, 0.05) is 68.9 Å². The van der Waals surface area contributed by atoms with Crippen molar-refractivity contribution in [3.63, 3.8) is 0 Å². The first kappa shape index (κ1) is 71.1. The smallest absolute Gasteiger partial charge is 0.271 e. The van der Waals surface area contributed by atoms with Crippen molar-refractivity contribution in [3.05, 3.63) is 202 Å². The number of allylic oxidation sites excluding steroid dienone is 5.